The van der Waals surface area contributed by atoms with Crippen molar-refractivity contribution in [1.82, 2.24) is 4.90 Å². The molecule has 1 aliphatic heterocycles. The van der Waals surface area contributed by atoms with Gasteiger partial charge in [0.1, 0.15) is 5.82 Å². The summed E-state index contributed by atoms with van der Waals surface area (Å²) in [4.78, 5) is 5.25. The lowest BCUT2D eigenvalue weighted by Gasteiger charge is -2.42. The Hall–Kier alpha value is -1.91. The van der Waals surface area contributed by atoms with Gasteiger partial charge in [-0.1, -0.05) is 52.0 Å². The number of halogens is 1. The molecule has 1 heterocycles. The van der Waals surface area contributed by atoms with Crippen molar-refractivity contribution in [1.29, 1.82) is 0 Å². The number of hydrogen-bond donors (Lipinski definition) is 1. The van der Waals surface area contributed by atoms with Crippen molar-refractivity contribution in [3.05, 3.63) is 65.5 Å². The highest BCUT2D eigenvalue weighted by molar-refractivity contribution is 5.49. The van der Waals surface area contributed by atoms with Crippen LogP contribution in [0.5, 0.6) is 0 Å². The fourth-order valence-corrected chi connectivity index (χ4v) is 5.18. The first-order valence-corrected chi connectivity index (χ1v) is 13.4. The molecule has 1 fully saturated rings. The van der Waals surface area contributed by atoms with Gasteiger partial charge in [-0.2, -0.15) is 0 Å². The number of piperidine rings is 1. The molecule has 4 heteroatoms. The Morgan fingerprint density at radius 1 is 0.941 bits per heavy atom. The van der Waals surface area contributed by atoms with Gasteiger partial charge in [-0.25, -0.2) is 4.39 Å². The maximum atomic E-state index is 13.2. The van der Waals surface area contributed by atoms with Crippen LogP contribution in [0.4, 0.5) is 10.1 Å². The van der Waals surface area contributed by atoms with Crippen molar-refractivity contribution in [3.63, 3.8) is 0 Å². The summed E-state index contributed by atoms with van der Waals surface area (Å²) in [6.45, 7) is 13.5. The van der Waals surface area contributed by atoms with Gasteiger partial charge in [0.05, 0.1) is 0 Å². The maximum absolute atomic E-state index is 13.2. The van der Waals surface area contributed by atoms with Crippen molar-refractivity contribution in [2.24, 2.45) is 17.6 Å². The van der Waals surface area contributed by atoms with E-state index in [1.165, 1.54) is 42.6 Å². The number of likely N-dealkylation sites (tertiary alicyclic amines) is 1. The Morgan fingerprint density at radius 2 is 1.56 bits per heavy atom. The summed E-state index contributed by atoms with van der Waals surface area (Å²) < 4.78 is 13.2. The summed E-state index contributed by atoms with van der Waals surface area (Å²) in [5.41, 5.74) is 10.3. The molecule has 2 N–H and O–H groups in total. The molecule has 0 aliphatic carbocycles. The highest BCUT2D eigenvalue weighted by Gasteiger charge is 2.26. The Bertz CT molecular complexity index is 831. The second kappa shape index (κ2) is 13.3. The lowest BCUT2D eigenvalue weighted by molar-refractivity contribution is 0.187. The van der Waals surface area contributed by atoms with Gasteiger partial charge < -0.3 is 10.6 Å². The Kier molecular flexibility index (Phi) is 10.4. The predicted octanol–water partition coefficient (Wildman–Crippen LogP) is 6.30. The van der Waals surface area contributed by atoms with Crippen LogP contribution in [0.1, 0.15) is 64.5 Å². The molecule has 1 aliphatic rings. The number of anilines is 1. The van der Waals surface area contributed by atoms with Crippen LogP contribution in [0, 0.1) is 17.7 Å². The summed E-state index contributed by atoms with van der Waals surface area (Å²) in [5.74, 6) is 1.18. The lowest BCUT2D eigenvalue weighted by Crippen LogP contribution is -2.51. The van der Waals surface area contributed by atoms with Crippen molar-refractivity contribution in [3.8, 4) is 0 Å². The SMILES string of the molecule is CC(C)CCN(c1ccc(CCc2ccc(F)cc2)cc1)C1CCCN(CC(N)CC(C)C)C1. The Morgan fingerprint density at radius 3 is 2.15 bits per heavy atom. The molecule has 3 rings (SSSR count). The van der Waals surface area contributed by atoms with Crippen molar-refractivity contribution in [2.75, 3.05) is 31.1 Å². The van der Waals surface area contributed by atoms with Gasteiger partial charge in [0.25, 0.3) is 0 Å². The van der Waals surface area contributed by atoms with Gasteiger partial charge in [-0.15, -0.1) is 0 Å². The van der Waals surface area contributed by atoms with E-state index >= 15 is 0 Å². The molecule has 2 atom stereocenters. The summed E-state index contributed by atoms with van der Waals surface area (Å²) in [6, 6.07) is 16.9. The third-order valence-electron chi connectivity index (χ3n) is 7.02. The highest BCUT2D eigenvalue weighted by Crippen LogP contribution is 2.25. The average Bonchev–Trinajstić information content (AvgIpc) is 2.79. The summed E-state index contributed by atoms with van der Waals surface area (Å²) in [7, 11) is 0. The molecule has 2 aromatic carbocycles. The minimum atomic E-state index is -0.169. The third kappa shape index (κ3) is 8.70. The van der Waals surface area contributed by atoms with Gasteiger partial charge >= 0.3 is 0 Å². The first-order valence-electron chi connectivity index (χ1n) is 13.4. The number of aryl methyl sites for hydroxylation is 2. The number of benzene rings is 2. The van der Waals surface area contributed by atoms with Crippen LogP contribution in [0.15, 0.2) is 48.5 Å². The predicted molar refractivity (Wildman–Crippen MR) is 144 cm³/mol. The average molecular weight is 468 g/mol. The number of nitrogens with zero attached hydrogens (tertiary/aromatic N) is 2. The topological polar surface area (TPSA) is 32.5 Å². The van der Waals surface area contributed by atoms with Crippen molar-refractivity contribution in [2.45, 2.75) is 78.3 Å². The van der Waals surface area contributed by atoms with E-state index in [1.54, 1.807) is 12.1 Å². The first-order chi connectivity index (χ1) is 16.3. The van der Waals surface area contributed by atoms with Crippen LogP contribution >= 0.6 is 0 Å². The minimum Gasteiger partial charge on any atom is -0.367 e. The smallest absolute Gasteiger partial charge is 0.123 e. The standard InChI is InChI=1S/C30H46FN3/c1-23(2)17-19-34(30-6-5-18-33(22-30)21-28(32)20-24(3)4)29-15-11-26(12-16-29)8-7-25-9-13-27(31)14-10-25/h9-16,23-24,28,30H,5-8,17-22,32H2,1-4H3. The largest absolute Gasteiger partial charge is 0.367 e. The second-order valence-corrected chi connectivity index (χ2v) is 11.1. The molecule has 0 spiro atoms. The molecule has 0 amide bonds. The summed E-state index contributed by atoms with van der Waals surface area (Å²) in [6.07, 6.45) is 6.70. The first kappa shape index (κ1) is 26.7. The quantitative estimate of drug-likeness (QED) is 0.397. The Labute approximate surface area is 207 Å². The molecular weight excluding hydrogens is 421 g/mol. The molecule has 1 saturated heterocycles. The van der Waals surface area contributed by atoms with E-state index in [0.29, 0.717) is 17.9 Å². The fourth-order valence-electron chi connectivity index (χ4n) is 5.18. The minimum absolute atomic E-state index is 0.169. The van der Waals surface area contributed by atoms with Crippen molar-refractivity contribution < 1.29 is 4.39 Å². The molecule has 188 valence electrons. The van der Waals surface area contributed by atoms with E-state index in [4.69, 9.17) is 5.73 Å². The molecule has 2 aromatic rings. The van der Waals surface area contributed by atoms with Crippen LogP contribution in [-0.4, -0.2) is 43.2 Å². The van der Waals surface area contributed by atoms with Crippen LogP contribution in [0.2, 0.25) is 0 Å². The fraction of sp³-hybridized carbons (Fsp3) is 0.600. The molecule has 2 unspecified atom stereocenters. The van der Waals surface area contributed by atoms with Crippen LogP contribution < -0.4 is 10.6 Å². The van der Waals surface area contributed by atoms with E-state index in [0.717, 1.165) is 38.9 Å². The van der Waals surface area contributed by atoms with Gasteiger partial charge in [0.2, 0.25) is 0 Å². The molecule has 3 nitrogen and oxygen atoms in total. The number of rotatable bonds is 12. The van der Waals surface area contributed by atoms with E-state index in [-0.39, 0.29) is 11.9 Å². The van der Waals surface area contributed by atoms with Gasteiger partial charge in [0.15, 0.2) is 0 Å². The van der Waals surface area contributed by atoms with E-state index in [9.17, 15) is 4.39 Å². The second-order valence-electron chi connectivity index (χ2n) is 11.1. The van der Waals surface area contributed by atoms with Gasteiger partial charge in [-0.3, -0.25) is 4.90 Å². The molecule has 34 heavy (non-hydrogen) atoms. The zero-order chi connectivity index (χ0) is 24.5. The molecule has 0 aromatic heterocycles. The number of hydrogen-bond acceptors (Lipinski definition) is 3. The molecule has 0 radical (unpaired) electrons. The van der Waals surface area contributed by atoms with E-state index in [1.807, 2.05) is 12.1 Å². The zero-order valence-corrected chi connectivity index (χ0v) is 21.8. The summed E-state index contributed by atoms with van der Waals surface area (Å²) >= 11 is 0. The Balaban J connectivity index is 1.64. The third-order valence-corrected chi connectivity index (χ3v) is 7.02. The van der Waals surface area contributed by atoms with Crippen LogP contribution in [0.3, 0.4) is 0 Å². The zero-order valence-electron chi connectivity index (χ0n) is 21.8. The van der Waals surface area contributed by atoms with E-state index in [2.05, 4.69) is 61.8 Å². The van der Waals surface area contributed by atoms with Crippen LogP contribution in [0.25, 0.3) is 0 Å². The normalized spacial score (nSPS) is 17.9. The number of nitrogens with two attached hydrogens (primary N) is 1. The molecule has 0 saturated carbocycles. The lowest BCUT2D eigenvalue weighted by atomic mass is 9.98. The van der Waals surface area contributed by atoms with Crippen LogP contribution in [-0.2, 0) is 12.8 Å². The monoisotopic (exact) mass is 467 g/mol. The summed E-state index contributed by atoms with van der Waals surface area (Å²) in [5, 5.41) is 0. The van der Waals surface area contributed by atoms with Gasteiger partial charge in [0, 0.05) is 37.4 Å². The molecular formula is C30H46FN3. The van der Waals surface area contributed by atoms with Gasteiger partial charge in [-0.05, 0) is 92.3 Å². The molecule has 0 bridgehead atoms. The highest BCUT2D eigenvalue weighted by atomic mass is 19.1. The van der Waals surface area contributed by atoms with E-state index < -0.39 is 0 Å². The maximum Gasteiger partial charge on any atom is 0.123 e. The van der Waals surface area contributed by atoms with Crippen molar-refractivity contribution >= 4 is 5.69 Å².